The second-order valence-corrected chi connectivity index (χ2v) is 5.39. The molecule has 0 spiro atoms. The fraction of sp³-hybridized carbons (Fsp3) is 0.429. The second kappa shape index (κ2) is 5.48. The van der Waals surface area contributed by atoms with Crippen LogP contribution in [0.5, 0.6) is 0 Å². The van der Waals surface area contributed by atoms with E-state index in [1.54, 1.807) is 0 Å². The molecule has 0 radical (unpaired) electrons. The number of nitrogens with two attached hydrogens (primary N) is 1. The van der Waals surface area contributed by atoms with Crippen LogP contribution in [0.15, 0.2) is 24.3 Å². The van der Waals surface area contributed by atoms with Crippen molar-refractivity contribution in [1.82, 2.24) is 0 Å². The lowest BCUT2D eigenvalue weighted by molar-refractivity contribution is -0.120. The number of carbonyl (C=O) groups excluding carboxylic acids is 1. The fourth-order valence-electron chi connectivity index (χ4n) is 2.52. The summed E-state index contributed by atoms with van der Waals surface area (Å²) in [6.07, 6.45) is 3.28. The van der Waals surface area contributed by atoms with Gasteiger partial charge in [0.15, 0.2) is 0 Å². The van der Waals surface area contributed by atoms with Crippen molar-refractivity contribution in [3.63, 3.8) is 0 Å². The Hall–Kier alpha value is -1.42. The predicted octanol–water partition coefficient (Wildman–Crippen LogP) is 2.70. The predicted molar refractivity (Wildman–Crippen MR) is 77.5 cm³/mol. The highest BCUT2D eigenvalue weighted by molar-refractivity contribution is 7.80. The van der Waals surface area contributed by atoms with Crippen LogP contribution in [0.1, 0.15) is 31.7 Å². The van der Waals surface area contributed by atoms with E-state index in [2.05, 4.69) is 12.2 Å². The van der Waals surface area contributed by atoms with Crippen molar-refractivity contribution in [3.8, 4) is 0 Å². The summed E-state index contributed by atoms with van der Waals surface area (Å²) in [6.45, 7) is 2.14. The monoisotopic (exact) mass is 262 g/mol. The van der Waals surface area contributed by atoms with Gasteiger partial charge in [-0.3, -0.25) is 4.79 Å². The van der Waals surface area contributed by atoms with Crippen molar-refractivity contribution in [2.45, 2.75) is 26.2 Å². The summed E-state index contributed by atoms with van der Waals surface area (Å²) in [5.74, 6) is 0.724. The highest BCUT2D eigenvalue weighted by Gasteiger charge is 2.29. The molecule has 0 bridgehead atoms. The molecule has 3 N–H and O–H groups in total. The Bertz CT molecular complexity index is 473. The van der Waals surface area contributed by atoms with Gasteiger partial charge in [0.25, 0.3) is 0 Å². The molecular formula is C14H18N2OS. The topological polar surface area (TPSA) is 55.1 Å². The van der Waals surface area contributed by atoms with Crippen molar-refractivity contribution in [2.24, 2.45) is 17.6 Å². The summed E-state index contributed by atoms with van der Waals surface area (Å²) in [5.41, 5.74) is 7.12. The Morgan fingerprint density at radius 1 is 1.44 bits per heavy atom. The molecule has 2 atom stereocenters. The van der Waals surface area contributed by atoms with Crippen LogP contribution in [-0.2, 0) is 4.79 Å². The standard InChI is InChI=1S/C14H18N2OS/c1-9-4-2-7-12(9)14(17)16-11-6-3-5-10(8-11)13(15)18/h3,5-6,8-9,12H,2,4,7H2,1H3,(H2,15,18)(H,16,17). The van der Waals surface area contributed by atoms with E-state index in [9.17, 15) is 4.79 Å². The summed E-state index contributed by atoms with van der Waals surface area (Å²) in [6, 6.07) is 7.37. The van der Waals surface area contributed by atoms with E-state index >= 15 is 0 Å². The minimum Gasteiger partial charge on any atom is -0.389 e. The number of rotatable bonds is 3. The molecule has 3 nitrogen and oxygen atoms in total. The summed E-state index contributed by atoms with van der Waals surface area (Å²) in [4.78, 5) is 12.5. The van der Waals surface area contributed by atoms with Gasteiger partial charge in [-0.15, -0.1) is 0 Å². The molecule has 0 heterocycles. The number of thiocarbonyl (C=S) groups is 1. The lowest BCUT2D eigenvalue weighted by Gasteiger charge is -2.15. The first-order chi connectivity index (χ1) is 8.58. The van der Waals surface area contributed by atoms with Crippen LogP contribution in [0.3, 0.4) is 0 Å². The third-order valence-corrected chi connectivity index (χ3v) is 3.85. The molecule has 1 amide bonds. The average Bonchev–Trinajstić information content (AvgIpc) is 2.76. The van der Waals surface area contributed by atoms with Crippen molar-refractivity contribution in [1.29, 1.82) is 0 Å². The van der Waals surface area contributed by atoms with Crippen LogP contribution in [0.4, 0.5) is 5.69 Å². The van der Waals surface area contributed by atoms with Crippen LogP contribution in [0.25, 0.3) is 0 Å². The van der Waals surface area contributed by atoms with Crippen LogP contribution < -0.4 is 11.1 Å². The van der Waals surface area contributed by atoms with E-state index < -0.39 is 0 Å². The Kier molecular flexibility index (Phi) is 3.97. The van der Waals surface area contributed by atoms with E-state index in [1.165, 1.54) is 0 Å². The lowest BCUT2D eigenvalue weighted by atomic mass is 9.97. The van der Waals surface area contributed by atoms with Crippen molar-refractivity contribution >= 4 is 28.8 Å². The lowest BCUT2D eigenvalue weighted by Crippen LogP contribution is -2.24. The van der Waals surface area contributed by atoms with Crippen LogP contribution in [-0.4, -0.2) is 10.9 Å². The Balaban J connectivity index is 2.07. The zero-order valence-electron chi connectivity index (χ0n) is 10.5. The zero-order valence-corrected chi connectivity index (χ0v) is 11.3. The van der Waals surface area contributed by atoms with Gasteiger partial charge < -0.3 is 11.1 Å². The average molecular weight is 262 g/mol. The van der Waals surface area contributed by atoms with Gasteiger partial charge in [-0.2, -0.15) is 0 Å². The molecule has 1 saturated carbocycles. The van der Waals surface area contributed by atoms with E-state index in [0.29, 0.717) is 10.9 Å². The molecule has 2 rings (SSSR count). The first-order valence-corrected chi connectivity index (χ1v) is 6.69. The Morgan fingerprint density at radius 2 is 2.22 bits per heavy atom. The van der Waals surface area contributed by atoms with Gasteiger partial charge in [-0.05, 0) is 30.9 Å². The van der Waals surface area contributed by atoms with Gasteiger partial charge in [-0.25, -0.2) is 0 Å². The minimum atomic E-state index is 0.111. The molecule has 1 aromatic carbocycles. The maximum atomic E-state index is 12.1. The quantitative estimate of drug-likeness (QED) is 0.823. The molecule has 0 aliphatic heterocycles. The molecular weight excluding hydrogens is 244 g/mol. The summed E-state index contributed by atoms with van der Waals surface area (Å²) in [5, 5.41) is 2.96. The number of nitrogens with one attached hydrogen (secondary N) is 1. The molecule has 4 heteroatoms. The van der Waals surface area contributed by atoms with Crippen LogP contribution in [0.2, 0.25) is 0 Å². The van der Waals surface area contributed by atoms with Gasteiger partial charge in [0, 0.05) is 17.2 Å². The molecule has 0 saturated heterocycles. The molecule has 18 heavy (non-hydrogen) atoms. The maximum Gasteiger partial charge on any atom is 0.227 e. The molecule has 1 fully saturated rings. The van der Waals surface area contributed by atoms with Crippen molar-refractivity contribution in [2.75, 3.05) is 5.32 Å². The van der Waals surface area contributed by atoms with Crippen LogP contribution >= 0.6 is 12.2 Å². The first-order valence-electron chi connectivity index (χ1n) is 6.28. The molecule has 1 aromatic rings. The molecule has 0 aromatic heterocycles. The zero-order chi connectivity index (χ0) is 13.1. The summed E-state index contributed by atoms with van der Waals surface area (Å²) < 4.78 is 0. The third kappa shape index (κ3) is 2.88. The van der Waals surface area contributed by atoms with Gasteiger partial charge in [0.1, 0.15) is 4.99 Å². The number of hydrogen-bond acceptors (Lipinski definition) is 2. The number of amides is 1. The molecule has 1 aliphatic rings. The number of benzene rings is 1. The second-order valence-electron chi connectivity index (χ2n) is 4.95. The Morgan fingerprint density at radius 3 is 2.83 bits per heavy atom. The normalized spacial score (nSPS) is 22.7. The van der Waals surface area contributed by atoms with Gasteiger partial charge in [-0.1, -0.05) is 37.7 Å². The van der Waals surface area contributed by atoms with Gasteiger partial charge in [0.2, 0.25) is 5.91 Å². The van der Waals surface area contributed by atoms with Crippen molar-refractivity contribution in [3.05, 3.63) is 29.8 Å². The minimum absolute atomic E-state index is 0.111. The number of carbonyl (C=O) groups is 1. The van der Waals surface area contributed by atoms with Crippen LogP contribution in [0, 0.1) is 11.8 Å². The Labute approximate surface area is 113 Å². The smallest absolute Gasteiger partial charge is 0.227 e. The molecule has 1 aliphatic carbocycles. The van der Waals surface area contributed by atoms with E-state index in [0.717, 1.165) is 30.5 Å². The largest absolute Gasteiger partial charge is 0.389 e. The van der Waals surface area contributed by atoms with E-state index in [1.807, 2.05) is 24.3 Å². The molecule has 2 unspecified atom stereocenters. The number of anilines is 1. The van der Waals surface area contributed by atoms with Gasteiger partial charge in [0.05, 0.1) is 0 Å². The van der Waals surface area contributed by atoms with Crippen molar-refractivity contribution < 1.29 is 4.79 Å². The summed E-state index contributed by atoms with van der Waals surface area (Å²) >= 11 is 4.93. The maximum absolute atomic E-state index is 12.1. The summed E-state index contributed by atoms with van der Waals surface area (Å²) in [7, 11) is 0. The SMILES string of the molecule is CC1CCCC1C(=O)Nc1cccc(C(N)=S)c1. The number of hydrogen-bond donors (Lipinski definition) is 2. The highest BCUT2D eigenvalue weighted by Crippen LogP contribution is 2.32. The third-order valence-electron chi connectivity index (χ3n) is 3.61. The van der Waals surface area contributed by atoms with Gasteiger partial charge >= 0.3 is 0 Å². The van der Waals surface area contributed by atoms with E-state index in [-0.39, 0.29) is 11.8 Å². The highest BCUT2D eigenvalue weighted by atomic mass is 32.1. The molecule has 96 valence electrons. The fourth-order valence-corrected chi connectivity index (χ4v) is 2.65. The van der Waals surface area contributed by atoms with E-state index in [4.69, 9.17) is 18.0 Å². The first kappa shape index (κ1) is 13.0.